The number of anilines is 1. The second kappa shape index (κ2) is 9.63. The summed E-state index contributed by atoms with van der Waals surface area (Å²) in [5.74, 6) is -1.19. The maximum atomic E-state index is 12.4. The van der Waals surface area contributed by atoms with Gasteiger partial charge in [-0.25, -0.2) is 14.6 Å². The van der Waals surface area contributed by atoms with Crippen LogP contribution in [0.3, 0.4) is 0 Å². The predicted octanol–water partition coefficient (Wildman–Crippen LogP) is 4.39. The van der Waals surface area contributed by atoms with E-state index in [1.165, 1.54) is 18.2 Å². The number of nitrogens with one attached hydrogen (secondary N) is 2. The molecule has 0 spiro atoms. The molecule has 0 saturated carbocycles. The fraction of sp³-hybridized carbons (Fsp3) is 0.0833. The topological polar surface area (TPSA) is 131 Å². The summed E-state index contributed by atoms with van der Waals surface area (Å²) in [6.45, 7) is -0.554. The van der Waals surface area contributed by atoms with Crippen molar-refractivity contribution in [1.29, 1.82) is 0 Å². The number of benzene rings is 3. The second-order valence-corrected chi connectivity index (χ2v) is 7.58. The van der Waals surface area contributed by atoms with Gasteiger partial charge in [0.05, 0.1) is 34.3 Å². The molecule has 0 atom stereocenters. The van der Waals surface area contributed by atoms with Crippen molar-refractivity contribution in [1.82, 2.24) is 9.97 Å². The van der Waals surface area contributed by atoms with Gasteiger partial charge in [0, 0.05) is 11.3 Å². The number of esters is 1. The Balaban J connectivity index is 1.41. The van der Waals surface area contributed by atoms with E-state index in [1.807, 2.05) is 24.3 Å². The van der Waals surface area contributed by atoms with E-state index in [0.29, 0.717) is 16.9 Å². The normalized spacial score (nSPS) is 10.6. The molecule has 1 aromatic heterocycles. The van der Waals surface area contributed by atoms with Gasteiger partial charge < -0.3 is 24.9 Å². The Bertz CT molecular complexity index is 1400. The first kappa shape index (κ1) is 22.8. The molecule has 0 aliphatic heterocycles. The summed E-state index contributed by atoms with van der Waals surface area (Å²) in [6, 6.07) is 16.2. The quantitative estimate of drug-likeness (QED) is 0.335. The highest BCUT2D eigenvalue weighted by Crippen LogP contribution is 2.24. The van der Waals surface area contributed by atoms with Crippen LogP contribution < -0.4 is 10.1 Å². The van der Waals surface area contributed by atoms with Crippen molar-refractivity contribution >= 4 is 46.2 Å². The average molecular weight is 480 g/mol. The summed E-state index contributed by atoms with van der Waals surface area (Å²) in [5.41, 5.74) is 2.45. The van der Waals surface area contributed by atoms with Gasteiger partial charge in [0.1, 0.15) is 11.6 Å². The minimum absolute atomic E-state index is 0.0428. The van der Waals surface area contributed by atoms with Crippen molar-refractivity contribution in [2.45, 2.75) is 0 Å². The highest BCUT2D eigenvalue weighted by molar-refractivity contribution is 6.33. The molecule has 1 heterocycles. The Morgan fingerprint density at radius 2 is 1.82 bits per heavy atom. The summed E-state index contributed by atoms with van der Waals surface area (Å²) in [7, 11) is 1.59. The van der Waals surface area contributed by atoms with Crippen LogP contribution in [0, 0.1) is 0 Å². The molecule has 9 nitrogen and oxygen atoms in total. The van der Waals surface area contributed by atoms with Crippen LogP contribution in [0.15, 0.2) is 60.7 Å². The largest absolute Gasteiger partial charge is 0.497 e. The Labute approximate surface area is 198 Å². The van der Waals surface area contributed by atoms with Gasteiger partial charge in [0.25, 0.3) is 5.91 Å². The van der Waals surface area contributed by atoms with E-state index >= 15 is 0 Å². The van der Waals surface area contributed by atoms with Crippen LogP contribution in [0.25, 0.3) is 22.4 Å². The Morgan fingerprint density at radius 3 is 2.53 bits per heavy atom. The Kier molecular flexibility index (Phi) is 6.46. The molecule has 0 saturated heterocycles. The molecular formula is C24H18ClN3O6. The first-order valence-electron chi connectivity index (χ1n) is 9.98. The Morgan fingerprint density at radius 1 is 1.06 bits per heavy atom. The zero-order chi connectivity index (χ0) is 24.2. The van der Waals surface area contributed by atoms with E-state index < -0.39 is 24.5 Å². The number of fused-ring (bicyclic) bond motifs is 1. The lowest BCUT2D eigenvalue weighted by Crippen LogP contribution is -2.21. The van der Waals surface area contributed by atoms with Gasteiger partial charge in [0.15, 0.2) is 6.61 Å². The molecule has 1 amide bonds. The number of carbonyl (C=O) groups is 3. The van der Waals surface area contributed by atoms with Crippen molar-refractivity contribution < 1.29 is 29.0 Å². The van der Waals surface area contributed by atoms with Crippen LogP contribution in [-0.4, -0.2) is 46.6 Å². The van der Waals surface area contributed by atoms with Gasteiger partial charge >= 0.3 is 11.9 Å². The molecule has 34 heavy (non-hydrogen) atoms. The molecule has 10 heteroatoms. The van der Waals surface area contributed by atoms with Gasteiger partial charge in [-0.2, -0.15) is 0 Å². The molecule has 172 valence electrons. The van der Waals surface area contributed by atoms with Crippen LogP contribution in [0.5, 0.6) is 5.75 Å². The first-order chi connectivity index (χ1) is 16.3. The number of methoxy groups -OCH3 is 1. The minimum atomic E-state index is -1.23. The number of carboxylic acids is 1. The molecule has 0 aliphatic carbocycles. The number of carboxylic acid groups (broad SMARTS) is 1. The molecule has 0 unspecified atom stereocenters. The molecule has 4 rings (SSSR count). The van der Waals surface area contributed by atoms with Gasteiger partial charge in [-0.3, -0.25) is 4.79 Å². The number of nitrogens with zero attached hydrogens (tertiary/aromatic N) is 1. The smallest absolute Gasteiger partial charge is 0.338 e. The summed E-state index contributed by atoms with van der Waals surface area (Å²) >= 11 is 5.81. The maximum Gasteiger partial charge on any atom is 0.338 e. The van der Waals surface area contributed by atoms with Crippen LogP contribution in [-0.2, 0) is 9.53 Å². The van der Waals surface area contributed by atoms with Gasteiger partial charge in [-0.1, -0.05) is 11.6 Å². The van der Waals surface area contributed by atoms with E-state index in [9.17, 15) is 14.4 Å². The van der Waals surface area contributed by atoms with E-state index in [1.54, 1.807) is 25.3 Å². The number of aromatic carboxylic acids is 1. The van der Waals surface area contributed by atoms with E-state index in [2.05, 4.69) is 15.3 Å². The third-order valence-electron chi connectivity index (χ3n) is 4.90. The molecule has 0 radical (unpaired) electrons. The number of halogens is 1. The number of aromatic amines is 1. The predicted molar refractivity (Wildman–Crippen MR) is 125 cm³/mol. The molecular weight excluding hydrogens is 462 g/mol. The number of imidazole rings is 1. The lowest BCUT2D eigenvalue weighted by Gasteiger charge is -2.08. The maximum absolute atomic E-state index is 12.4. The third kappa shape index (κ3) is 5.00. The molecule has 3 aromatic carbocycles. The zero-order valence-electron chi connectivity index (χ0n) is 17.8. The van der Waals surface area contributed by atoms with Crippen LogP contribution >= 0.6 is 11.6 Å². The molecule has 3 N–H and O–H groups in total. The van der Waals surface area contributed by atoms with Crippen molar-refractivity contribution in [3.63, 3.8) is 0 Å². The Hall–Kier alpha value is -4.37. The minimum Gasteiger partial charge on any atom is -0.497 e. The number of carbonyl (C=O) groups excluding carboxylic acids is 2. The summed E-state index contributed by atoms with van der Waals surface area (Å²) < 4.78 is 10.2. The van der Waals surface area contributed by atoms with Crippen LogP contribution in [0.4, 0.5) is 5.69 Å². The fourth-order valence-electron chi connectivity index (χ4n) is 3.20. The number of hydrogen-bond donors (Lipinski definition) is 3. The fourth-order valence-corrected chi connectivity index (χ4v) is 3.40. The lowest BCUT2D eigenvalue weighted by atomic mass is 10.2. The van der Waals surface area contributed by atoms with E-state index in [0.717, 1.165) is 11.3 Å². The van der Waals surface area contributed by atoms with Crippen LogP contribution in [0.2, 0.25) is 5.02 Å². The van der Waals surface area contributed by atoms with Gasteiger partial charge in [0.2, 0.25) is 0 Å². The standard InChI is InChI=1S/C24H18ClN3O6/c1-33-16-6-2-13(3-7-16)22-27-19-9-4-14(10-20(19)28-22)24(32)34-12-21(29)26-15-5-8-18(25)17(11-15)23(30)31/h2-11H,12H2,1H3,(H,26,29)(H,27,28)(H,30,31). The second-order valence-electron chi connectivity index (χ2n) is 7.17. The lowest BCUT2D eigenvalue weighted by molar-refractivity contribution is -0.119. The van der Waals surface area contributed by atoms with Crippen molar-refractivity contribution in [2.75, 3.05) is 19.0 Å². The van der Waals surface area contributed by atoms with Crippen molar-refractivity contribution in [3.05, 3.63) is 76.8 Å². The zero-order valence-corrected chi connectivity index (χ0v) is 18.6. The third-order valence-corrected chi connectivity index (χ3v) is 5.23. The number of ether oxygens (including phenoxy) is 2. The van der Waals surface area contributed by atoms with Crippen molar-refractivity contribution in [2.24, 2.45) is 0 Å². The number of hydrogen-bond acceptors (Lipinski definition) is 6. The van der Waals surface area contributed by atoms with Crippen LogP contribution in [0.1, 0.15) is 20.7 Å². The monoisotopic (exact) mass is 479 g/mol. The molecule has 0 fully saturated rings. The molecule has 0 bridgehead atoms. The summed E-state index contributed by atoms with van der Waals surface area (Å²) in [6.07, 6.45) is 0. The summed E-state index contributed by atoms with van der Waals surface area (Å²) in [5, 5.41) is 11.6. The van der Waals surface area contributed by atoms with Crippen molar-refractivity contribution in [3.8, 4) is 17.1 Å². The SMILES string of the molecule is COc1ccc(-c2nc3ccc(C(=O)OCC(=O)Nc4ccc(Cl)c(C(=O)O)c4)cc3[nH]2)cc1. The first-order valence-corrected chi connectivity index (χ1v) is 10.4. The van der Waals surface area contributed by atoms with Gasteiger partial charge in [-0.15, -0.1) is 0 Å². The number of rotatable bonds is 7. The van der Waals surface area contributed by atoms with E-state index in [-0.39, 0.29) is 21.8 Å². The summed E-state index contributed by atoms with van der Waals surface area (Å²) in [4.78, 5) is 43.4. The van der Waals surface area contributed by atoms with E-state index in [4.69, 9.17) is 26.2 Å². The highest BCUT2D eigenvalue weighted by atomic mass is 35.5. The molecule has 4 aromatic rings. The number of amides is 1. The average Bonchev–Trinajstić information content (AvgIpc) is 3.27. The number of aromatic nitrogens is 2. The van der Waals surface area contributed by atoms with Gasteiger partial charge in [-0.05, 0) is 60.7 Å². The molecule has 0 aliphatic rings. The highest BCUT2D eigenvalue weighted by Gasteiger charge is 2.15. The number of H-pyrrole nitrogens is 1.